The van der Waals surface area contributed by atoms with Gasteiger partial charge < -0.3 is 25.3 Å². The molecular weight excluding hydrogens is 627 g/mol. The minimum Gasteiger partial charge on any atom is -0.481 e. The number of hydrogen-bond acceptors (Lipinski definition) is 9. The number of aliphatic imine (C=N–C) groups is 2. The van der Waals surface area contributed by atoms with E-state index in [-0.39, 0.29) is 0 Å². The van der Waals surface area contributed by atoms with Crippen molar-refractivity contribution in [2.45, 2.75) is 60.7 Å². The summed E-state index contributed by atoms with van der Waals surface area (Å²) in [7, 11) is 0. The summed E-state index contributed by atoms with van der Waals surface area (Å²) in [5, 5.41) is 35.4. The third-order valence-corrected chi connectivity index (χ3v) is 8.97. The summed E-state index contributed by atoms with van der Waals surface area (Å²) in [4.78, 5) is 45.5. The quantitative estimate of drug-likeness (QED) is 0.156. The molecule has 1 aliphatic rings. The normalized spacial score (nSPS) is 13.3. The second kappa shape index (κ2) is 17.7. The molecule has 1 aliphatic heterocycles. The zero-order valence-electron chi connectivity index (χ0n) is 26.0. The summed E-state index contributed by atoms with van der Waals surface area (Å²) in [6.45, 7) is 9.98. The standard InChI is InChI=1S/C28H31N3S2.C6H8O7/c1-4-31(5-2)20-21(3)32-28-19-27(29-25-13-9-10-14-26(25)30-28)22-15-17-24(18-16-22)33-23-11-7-6-8-12-23;7-3(8)1-6(13,5(11)12)2-4(9)10/h6-18,21H,4-5,19-20H2,1-3H3;13H,1-2H2,(H,7,8)(H,9,10)(H,11,12). The van der Waals surface area contributed by atoms with Gasteiger partial charge in [0, 0.05) is 28.0 Å². The van der Waals surface area contributed by atoms with Crippen LogP contribution < -0.4 is 0 Å². The Labute approximate surface area is 277 Å². The second-order valence-electron chi connectivity index (χ2n) is 10.6. The fourth-order valence-corrected chi connectivity index (χ4v) is 6.52. The van der Waals surface area contributed by atoms with Crippen molar-refractivity contribution in [2.24, 2.45) is 9.98 Å². The van der Waals surface area contributed by atoms with E-state index in [9.17, 15) is 14.4 Å². The number of thioether (sulfide) groups is 1. The molecule has 0 amide bonds. The van der Waals surface area contributed by atoms with E-state index in [0.717, 1.165) is 53.7 Å². The van der Waals surface area contributed by atoms with Crippen molar-refractivity contribution in [3.8, 4) is 0 Å². The molecule has 1 heterocycles. The molecule has 0 bridgehead atoms. The second-order valence-corrected chi connectivity index (χ2v) is 13.2. The maximum absolute atomic E-state index is 10.3. The van der Waals surface area contributed by atoms with E-state index in [1.807, 2.05) is 23.9 Å². The van der Waals surface area contributed by atoms with Gasteiger partial charge in [0.1, 0.15) is 0 Å². The highest BCUT2D eigenvalue weighted by molar-refractivity contribution is 8.14. The minimum atomic E-state index is -2.74. The topological polar surface area (TPSA) is 160 Å². The first-order valence-corrected chi connectivity index (χ1v) is 16.5. The average molecular weight is 666 g/mol. The molecule has 0 saturated heterocycles. The van der Waals surface area contributed by atoms with Crippen LogP contribution in [0.25, 0.3) is 0 Å². The molecule has 10 nitrogen and oxygen atoms in total. The van der Waals surface area contributed by atoms with E-state index < -0.39 is 36.4 Å². The molecule has 0 aromatic heterocycles. The molecule has 1 unspecified atom stereocenters. The van der Waals surface area contributed by atoms with Crippen molar-refractivity contribution in [2.75, 3.05) is 19.6 Å². The van der Waals surface area contributed by atoms with Crippen LogP contribution in [0, 0.1) is 0 Å². The van der Waals surface area contributed by atoms with Gasteiger partial charge >= 0.3 is 17.9 Å². The fourth-order valence-electron chi connectivity index (χ4n) is 4.56. The zero-order chi connectivity index (χ0) is 33.7. The van der Waals surface area contributed by atoms with Gasteiger partial charge in [-0.05, 0) is 55.1 Å². The van der Waals surface area contributed by atoms with Gasteiger partial charge in [-0.15, -0.1) is 11.8 Å². The van der Waals surface area contributed by atoms with Gasteiger partial charge in [-0.2, -0.15) is 0 Å². The lowest BCUT2D eigenvalue weighted by molar-refractivity contribution is -0.170. The van der Waals surface area contributed by atoms with Gasteiger partial charge in [0.2, 0.25) is 0 Å². The first-order chi connectivity index (χ1) is 21.9. The van der Waals surface area contributed by atoms with E-state index in [1.165, 1.54) is 9.79 Å². The highest BCUT2D eigenvalue weighted by Gasteiger charge is 2.40. The number of fused-ring (bicyclic) bond motifs is 1. The van der Waals surface area contributed by atoms with Gasteiger partial charge in [0.15, 0.2) is 5.60 Å². The maximum atomic E-state index is 10.3. The highest BCUT2D eigenvalue weighted by Crippen LogP contribution is 2.35. The molecule has 244 valence electrons. The Hall–Kier alpha value is -3.97. The zero-order valence-corrected chi connectivity index (χ0v) is 27.6. The first-order valence-electron chi connectivity index (χ1n) is 14.8. The SMILES string of the molecule is CCN(CC)CC(C)SC1=Nc2ccccc2N=C(c2ccc(Sc3ccccc3)cc2)C1.O=C(O)CC(O)(CC(=O)O)C(=O)O. The van der Waals surface area contributed by atoms with Crippen LogP contribution in [0.5, 0.6) is 0 Å². The number of nitrogens with zero attached hydrogens (tertiary/aromatic N) is 3. The van der Waals surface area contributed by atoms with Gasteiger partial charge in [0.05, 0.1) is 35.0 Å². The van der Waals surface area contributed by atoms with Crippen molar-refractivity contribution in [3.05, 3.63) is 84.4 Å². The van der Waals surface area contributed by atoms with Gasteiger partial charge in [-0.1, -0.05) is 75.0 Å². The lowest BCUT2D eigenvalue weighted by Gasteiger charge is -2.22. The predicted molar refractivity (Wildman–Crippen MR) is 183 cm³/mol. The first kappa shape index (κ1) is 36.5. The fraction of sp³-hybridized carbons (Fsp3) is 0.324. The molecule has 12 heteroatoms. The molecule has 3 aromatic rings. The number of aliphatic carboxylic acids is 3. The average Bonchev–Trinajstić information content (AvgIpc) is 3.19. The van der Waals surface area contributed by atoms with E-state index in [2.05, 4.69) is 92.4 Å². The molecule has 0 fully saturated rings. The third-order valence-electron chi connectivity index (χ3n) is 6.90. The monoisotopic (exact) mass is 665 g/mol. The Balaban J connectivity index is 0.000000376. The summed E-state index contributed by atoms with van der Waals surface area (Å²) in [5.41, 5.74) is 1.41. The Kier molecular flexibility index (Phi) is 14.0. The van der Waals surface area contributed by atoms with E-state index in [0.29, 0.717) is 5.25 Å². The number of hydrogen-bond donors (Lipinski definition) is 4. The highest BCUT2D eigenvalue weighted by atomic mass is 32.2. The van der Waals surface area contributed by atoms with Crippen LogP contribution in [0.3, 0.4) is 0 Å². The van der Waals surface area contributed by atoms with Gasteiger partial charge in [-0.25, -0.2) is 9.79 Å². The number of carboxylic acid groups (broad SMARTS) is 3. The summed E-state index contributed by atoms with van der Waals surface area (Å²) < 4.78 is 0. The number of para-hydroxylation sites is 2. The number of aliphatic hydroxyl groups is 1. The van der Waals surface area contributed by atoms with Crippen molar-refractivity contribution >= 4 is 63.6 Å². The number of rotatable bonds is 13. The third kappa shape index (κ3) is 11.4. The van der Waals surface area contributed by atoms with Crippen LogP contribution in [-0.2, 0) is 14.4 Å². The largest absolute Gasteiger partial charge is 0.481 e. The van der Waals surface area contributed by atoms with Crippen LogP contribution in [-0.4, -0.2) is 84.5 Å². The summed E-state index contributed by atoms with van der Waals surface area (Å²) in [5.74, 6) is -5.02. The van der Waals surface area contributed by atoms with Crippen LogP contribution in [0.2, 0.25) is 0 Å². The van der Waals surface area contributed by atoms with Crippen LogP contribution in [0.4, 0.5) is 11.4 Å². The summed E-state index contributed by atoms with van der Waals surface area (Å²) >= 11 is 3.67. The Morgan fingerprint density at radius 2 is 1.33 bits per heavy atom. The molecule has 1 atom stereocenters. The predicted octanol–water partition coefficient (Wildman–Crippen LogP) is 6.61. The molecular formula is C34H39N3O7S2. The molecule has 0 aliphatic carbocycles. The number of carbonyl (C=O) groups is 3. The van der Waals surface area contributed by atoms with Crippen molar-refractivity contribution in [1.82, 2.24) is 4.90 Å². The molecule has 3 aromatic carbocycles. The minimum absolute atomic E-state index is 0.472. The molecule has 4 N–H and O–H groups in total. The maximum Gasteiger partial charge on any atom is 0.336 e. The van der Waals surface area contributed by atoms with E-state index in [4.69, 9.17) is 30.4 Å². The van der Waals surface area contributed by atoms with E-state index in [1.54, 1.807) is 11.8 Å². The van der Waals surface area contributed by atoms with Crippen LogP contribution in [0.15, 0.2) is 98.6 Å². The summed E-state index contributed by atoms with van der Waals surface area (Å²) in [6, 6.07) is 27.5. The Morgan fingerprint density at radius 3 is 1.85 bits per heavy atom. The summed E-state index contributed by atoms with van der Waals surface area (Å²) in [6.07, 6.45) is -1.53. The molecule has 0 saturated carbocycles. The van der Waals surface area contributed by atoms with Crippen molar-refractivity contribution in [1.29, 1.82) is 0 Å². The van der Waals surface area contributed by atoms with Gasteiger partial charge in [0.25, 0.3) is 0 Å². The lowest BCUT2D eigenvalue weighted by atomic mass is 9.96. The molecule has 0 radical (unpaired) electrons. The molecule has 46 heavy (non-hydrogen) atoms. The van der Waals surface area contributed by atoms with Gasteiger partial charge in [-0.3, -0.25) is 14.6 Å². The van der Waals surface area contributed by atoms with Crippen molar-refractivity contribution < 1.29 is 34.8 Å². The van der Waals surface area contributed by atoms with Crippen LogP contribution in [0.1, 0.15) is 45.6 Å². The number of benzene rings is 3. The number of carboxylic acids is 3. The Morgan fingerprint density at radius 1 is 0.804 bits per heavy atom. The van der Waals surface area contributed by atoms with Crippen molar-refractivity contribution in [3.63, 3.8) is 0 Å². The lowest BCUT2D eigenvalue weighted by Crippen LogP contribution is -2.42. The molecule has 0 spiro atoms. The van der Waals surface area contributed by atoms with Crippen LogP contribution >= 0.6 is 23.5 Å². The molecule has 4 rings (SSSR count). The smallest absolute Gasteiger partial charge is 0.336 e. The Bertz CT molecular complexity index is 1530. The van der Waals surface area contributed by atoms with E-state index >= 15 is 0 Å².